The van der Waals surface area contributed by atoms with E-state index in [0.29, 0.717) is 13.2 Å². The third-order valence-corrected chi connectivity index (χ3v) is 2.00. The third-order valence-electron chi connectivity index (χ3n) is 2.00. The van der Waals surface area contributed by atoms with E-state index in [1.807, 2.05) is 39.8 Å². The molecule has 0 amide bonds. The summed E-state index contributed by atoms with van der Waals surface area (Å²) in [7, 11) is 5.55. The summed E-state index contributed by atoms with van der Waals surface area (Å²) in [6, 6.07) is 0. The molecule has 0 spiro atoms. The van der Waals surface area contributed by atoms with Crippen molar-refractivity contribution >= 4 is 0 Å². The Labute approximate surface area is 87.1 Å². The summed E-state index contributed by atoms with van der Waals surface area (Å²) in [4.78, 5) is 1.98. The number of nitrogens with zero attached hydrogens (tertiary/aromatic N) is 1. The van der Waals surface area contributed by atoms with Crippen molar-refractivity contribution in [2.24, 2.45) is 0 Å². The van der Waals surface area contributed by atoms with Gasteiger partial charge in [0.1, 0.15) is 6.23 Å². The lowest BCUT2D eigenvalue weighted by Gasteiger charge is -2.29. The molecular weight excluding hydrogens is 182 g/mol. The maximum absolute atomic E-state index is 5.57. The average molecular weight is 205 g/mol. The van der Waals surface area contributed by atoms with Crippen LogP contribution in [0.2, 0.25) is 0 Å². The molecule has 14 heavy (non-hydrogen) atoms. The second-order valence-electron chi connectivity index (χ2n) is 3.79. The molecular formula is C10H23NO3. The zero-order valence-corrected chi connectivity index (χ0v) is 10.2. The molecule has 0 aromatic rings. The van der Waals surface area contributed by atoms with Gasteiger partial charge in [-0.05, 0) is 34.9 Å². The van der Waals surface area contributed by atoms with Crippen molar-refractivity contribution in [2.45, 2.75) is 32.8 Å². The van der Waals surface area contributed by atoms with E-state index in [9.17, 15) is 0 Å². The minimum absolute atomic E-state index is 0.0191. The molecule has 0 N–H and O–H groups in total. The van der Waals surface area contributed by atoms with E-state index in [1.54, 1.807) is 7.11 Å². The fourth-order valence-electron chi connectivity index (χ4n) is 0.870. The van der Waals surface area contributed by atoms with Gasteiger partial charge in [0, 0.05) is 13.7 Å². The van der Waals surface area contributed by atoms with Crippen molar-refractivity contribution in [2.75, 3.05) is 34.4 Å². The minimum Gasteiger partial charge on any atom is -0.361 e. The molecule has 0 aliphatic heterocycles. The van der Waals surface area contributed by atoms with E-state index in [4.69, 9.17) is 14.2 Å². The summed E-state index contributed by atoms with van der Waals surface area (Å²) in [6.07, 6.45) is -0.0191. The van der Waals surface area contributed by atoms with Gasteiger partial charge in [-0.15, -0.1) is 0 Å². The van der Waals surface area contributed by atoms with Crippen LogP contribution in [0.1, 0.15) is 20.8 Å². The fraction of sp³-hybridized carbons (Fsp3) is 1.00. The van der Waals surface area contributed by atoms with Crippen LogP contribution in [0.5, 0.6) is 0 Å². The van der Waals surface area contributed by atoms with Crippen LogP contribution in [-0.4, -0.2) is 51.3 Å². The monoisotopic (exact) mass is 205 g/mol. The smallest absolute Gasteiger partial charge is 0.162 e. The molecule has 1 atom stereocenters. The van der Waals surface area contributed by atoms with Gasteiger partial charge in [-0.25, -0.2) is 0 Å². The number of methoxy groups -OCH3 is 1. The average Bonchev–Trinajstić information content (AvgIpc) is 2.12. The van der Waals surface area contributed by atoms with Gasteiger partial charge in [-0.2, -0.15) is 0 Å². The summed E-state index contributed by atoms with van der Waals surface area (Å²) >= 11 is 0. The minimum atomic E-state index is -0.550. The Morgan fingerprint density at radius 1 is 1.29 bits per heavy atom. The molecule has 4 heteroatoms. The van der Waals surface area contributed by atoms with E-state index in [0.717, 1.165) is 0 Å². The predicted molar refractivity (Wildman–Crippen MR) is 56.1 cm³/mol. The maximum atomic E-state index is 5.57. The number of rotatable bonds is 7. The SMILES string of the molecule is CCOC(COC(C)(C)OC)N(C)C. The van der Waals surface area contributed by atoms with Gasteiger partial charge < -0.3 is 14.2 Å². The first-order chi connectivity index (χ1) is 6.43. The molecule has 0 bridgehead atoms. The zero-order valence-electron chi connectivity index (χ0n) is 10.2. The molecule has 0 heterocycles. The Morgan fingerprint density at radius 3 is 2.21 bits per heavy atom. The van der Waals surface area contributed by atoms with Gasteiger partial charge >= 0.3 is 0 Å². The van der Waals surface area contributed by atoms with Crippen molar-refractivity contribution in [1.29, 1.82) is 0 Å². The number of likely N-dealkylation sites (N-methyl/N-ethyl adjacent to an activating group) is 1. The van der Waals surface area contributed by atoms with Crippen molar-refractivity contribution in [3.8, 4) is 0 Å². The van der Waals surface area contributed by atoms with Gasteiger partial charge in [0.2, 0.25) is 0 Å². The highest BCUT2D eigenvalue weighted by molar-refractivity contribution is 4.57. The molecule has 1 unspecified atom stereocenters. The molecule has 0 fully saturated rings. The van der Waals surface area contributed by atoms with Crippen LogP contribution >= 0.6 is 0 Å². The third kappa shape index (κ3) is 5.54. The summed E-state index contributed by atoms with van der Waals surface area (Å²) in [5.41, 5.74) is 0. The number of hydrogen-bond acceptors (Lipinski definition) is 4. The highest BCUT2D eigenvalue weighted by Gasteiger charge is 2.20. The Morgan fingerprint density at radius 2 is 1.86 bits per heavy atom. The van der Waals surface area contributed by atoms with Crippen LogP contribution in [0.4, 0.5) is 0 Å². The Kier molecular flexibility index (Phi) is 6.27. The molecule has 86 valence electrons. The number of ether oxygens (including phenoxy) is 3. The summed E-state index contributed by atoms with van der Waals surface area (Å²) < 4.78 is 16.2. The van der Waals surface area contributed by atoms with Crippen molar-refractivity contribution in [3.05, 3.63) is 0 Å². The largest absolute Gasteiger partial charge is 0.361 e. The van der Waals surface area contributed by atoms with E-state index in [1.165, 1.54) is 0 Å². The standard InChI is InChI=1S/C10H23NO3/c1-7-13-9(11(4)5)8-14-10(2,3)12-6/h9H,7-8H2,1-6H3. The highest BCUT2D eigenvalue weighted by atomic mass is 16.7. The summed E-state index contributed by atoms with van der Waals surface area (Å²) in [5, 5.41) is 0. The first kappa shape index (κ1) is 13.8. The molecule has 0 aliphatic rings. The Balaban J connectivity index is 3.93. The number of hydrogen-bond donors (Lipinski definition) is 0. The van der Waals surface area contributed by atoms with Crippen LogP contribution in [0.25, 0.3) is 0 Å². The van der Waals surface area contributed by atoms with E-state index in [-0.39, 0.29) is 6.23 Å². The van der Waals surface area contributed by atoms with Crippen LogP contribution in [0.15, 0.2) is 0 Å². The van der Waals surface area contributed by atoms with Crippen LogP contribution in [0.3, 0.4) is 0 Å². The predicted octanol–water partition coefficient (Wildman–Crippen LogP) is 1.31. The molecule has 0 rings (SSSR count). The van der Waals surface area contributed by atoms with Crippen molar-refractivity contribution in [1.82, 2.24) is 4.90 Å². The van der Waals surface area contributed by atoms with Gasteiger partial charge in [-0.1, -0.05) is 0 Å². The van der Waals surface area contributed by atoms with Crippen LogP contribution in [0, 0.1) is 0 Å². The zero-order chi connectivity index (χ0) is 11.2. The lowest BCUT2D eigenvalue weighted by molar-refractivity contribution is -0.223. The quantitative estimate of drug-likeness (QED) is 0.586. The molecule has 4 nitrogen and oxygen atoms in total. The van der Waals surface area contributed by atoms with E-state index >= 15 is 0 Å². The molecule has 0 aromatic heterocycles. The van der Waals surface area contributed by atoms with Gasteiger partial charge in [0.15, 0.2) is 5.79 Å². The molecule has 0 saturated carbocycles. The van der Waals surface area contributed by atoms with Gasteiger partial charge in [-0.3, -0.25) is 4.90 Å². The maximum Gasteiger partial charge on any atom is 0.162 e. The van der Waals surface area contributed by atoms with Gasteiger partial charge in [0.05, 0.1) is 6.61 Å². The Hall–Kier alpha value is -0.160. The second kappa shape index (κ2) is 6.35. The van der Waals surface area contributed by atoms with Crippen LogP contribution in [-0.2, 0) is 14.2 Å². The topological polar surface area (TPSA) is 30.9 Å². The van der Waals surface area contributed by atoms with Crippen LogP contribution < -0.4 is 0 Å². The van der Waals surface area contributed by atoms with Gasteiger partial charge in [0.25, 0.3) is 0 Å². The fourth-order valence-corrected chi connectivity index (χ4v) is 0.870. The first-order valence-corrected chi connectivity index (χ1v) is 4.90. The molecule has 0 aliphatic carbocycles. The Bertz CT molecular complexity index is 148. The van der Waals surface area contributed by atoms with E-state index in [2.05, 4.69) is 0 Å². The normalized spacial score (nSPS) is 14.8. The summed E-state index contributed by atoms with van der Waals surface area (Å²) in [5.74, 6) is -0.550. The highest BCUT2D eigenvalue weighted by Crippen LogP contribution is 2.11. The lowest BCUT2D eigenvalue weighted by atomic mass is 10.4. The molecule has 0 saturated heterocycles. The lowest BCUT2D eigenvalue weighted by Crippen LogP contribution is -2.39. The molecule has 0 aromatic carbocycles. The summed E-state index contributed by atoms with van der Waals surface area (Å²) in [6.45, 7) is 6.91. The van der Waals surface area contributed by atoms with Crippen molar-refractivity contribution < 1.29 is 14.2 Å². The van der Waals surface area contributed by atoms with E-state index < -0.39 is 5.79 Å². The van der Waals surface area contributed by atoms with Crippen molar-refractivity contribution in [3.63, 3.8) is 0 Å². The second-order valence-corrected chi connectivity index (χ2v) is 3.79. The first-order valence-electron chi connectivity index (χ1n) is 4.90. The molecule has 0 radical (unpaired) electrons.